The van der Waals surface area contributed by atoms with Crippen LogP contribution < -0.4 is 4.74 Å². The third-order valence-corrected chi connectivity index (χ3v) is 2.18. The van der Waals surface area contributed by atoms with Gasteiger partial charge in [0, 0.05) is 23.5 Å². The summed E-state index contributed by atoms with van der Waals surface area (Å²) in [6, 6.07) is 7.84. The summed E-state index contributed by atoms with van der Waals surface area (Å²) in [6.07, 6.45) is 3.54. The SMILES string of the molecule is COc1ncc(-c2ccccn2)cc1C. The molecule has 0 atom stereocenters. The van der Waals surface area contributed by atoms with Crippen molar-refractivity contribution in [3.63, 3.8) is 0 Å². The first-order chi connectivity index (χ1) is 7.31. The predicted octanol–water partition coefficient (Wildman–Crippen LogP) is 2.46. The van der Waals surface area contributed by atoms with Crippen molar-refractivity contribution in [2.24, 2.45) is 0 Å². The van der Waals surface area contributed by atoms with Crippen molar-refractivity contribution in [3.05, 3.63) is 42.2 Å². The number of ether oxygens (including phenoxy) is 1. The zero-order valence-electron chi connectivity index (χ0n) is 8.77. The summed E-state index contributed by atoms with van der Waals surface area (Å²) < 4.78 is 5.10. The monoisotopic (exact) mass is 200 g/mol. The number of nitrogens with zero attached hydrogens (tertiary/aromatic N) is 2. The van der Waals surface area contributed by atoms with Crippen molar-refractivity contribution in [1.82, 2.24) is 9.97 Å². The van der Waals surface area contributed by atoms with Gasteiger partial charge in [0.2, 0.25) is 5.88 Å². The fraction of sp³-hybridized carbons (Fsp3) is 0.167. The van der Waals surface area contributed by atoms with Crippen LogP contribution in [0, 0.1) is 6.92 Å². The summed E-state index contributed by atoms with van der Waals surface area (Å²) in [5, 5.41) is 0. The second kappa shape index (κ2) is 4.09. The Kier molecular flexibility index (Phi) is 2.63. The van der Waals surface area contributed by atoms with Crippen molar-refractivity contribution in [2.75, 3.05) is 7.11 Å². The molecule has 3 heteroatoms. The van der Waals surface area contributed by atoms with Crippen LogP contribution in [0.4, 0.5) is 0 Å². The van der Waals surface area contributed by atoms with E-state index in [4.69, 9.17) is 4.74 Å². The Balaban J connectivity index is 2.43. The highest BCUT2D eigenvalue weighted by molar-refractivity contribution is 5.59. The molecule has 0 N–H and O–H groups in total. The number of pyridine rings is 2. The number of aryl methyl sites for hydroxylation is 1. The minimum Gasteiger partial charge on any atom is -0.481 e. The predicted molar refractivity (Wildman–Crippen MR) is 58.8 cm³/mol. The molecule has 2 rings (SSSR count). The van der Waals surface area contributed by atoms with Gasteiger partial charge >= 0.3 is 0 Å². The van der Waals surface area contributed by atoms with Gasteiger partial charge in [0.15, 0.2) is 0 Å². The van der Waals surface area contributed by atoms with Crippen molar-refractivity contribution < 1.29 is 4.74 Å². The van der Waals surface area contributed by atoms with Gasteiger partial charge < -0.3 is 4.74 Å². The lowest BCUT2D eigenvalue weighted by Gasteiger charge is -2.05. The molecule has 2 aromatic rings. The molecule has 0 radical (unpaired) electrons. The lowest BCUT2D eigenvalue weighted by atomic mass is 10.1. The second-order valence-electron chi connectivity index (χ2n) is 3.27. The molecule has 0 saturated heterocycles. The van der Waals surface area contributed by atoms with E-state index in [2.05, 4.69) is 9.97 Å². The van der Waals surface area contributed by atoms with Crippen molar-refractivity contribution >= 4 is 0 Å². The fourth-order valence-electron chi connectivity index (χ4n) is 1.45. The molecule has 0 aliphatic heterocycles. The van der Waals surface area contributed by atoms with Gasteiger partial charge in [-0.1, -0.05) is 6.07 Å². The summed E-state index contributed by atoms with van der Waals surface area (Å²) in [6.45, 7) is 1.97. The van der Waals surface area contributed by atoms with Crippen LogP contribution in [0.3, 0.4) is 0 Å². The molecule has 76 valence electrons. The Morgan fingerprint density at radius 3 is 2.67 bits per heavy atom. The third-order valence-electron chi connectivity index (χ3n) is 2.18. The van der Waals surface area contributed by atoms with Crippen molar-refractivity contribution in [2.45, 2.75) is 6.92 Å². The Labute approximate surface area is 88.8 Å². The molecule has 15 heavy (non-hydrogen) atoms. The van der Waals surface area contributed by atoms with E-state index in [9.17, 15) is 0 Å². The van der Waals surface area contributed by atoms with Crippen molar-refractivity contribution in [1.29, 1.82) is 0 Å². The van der Waals surface area contributed by atoms with Gasteiger partial charge in [0.1, 0.15) is 0 Å². The first kappa shape index (κ1) is 9.65. The van der Waals surface area contributed by atoms with Crippen LogP contribution in [0.2, 0.25) is 0 Å². The second-order valence-corrected chi connectivity index (χ2v) is 3.27. The van der Waals surface area contributed by atoms with Crippen LogP contribution >= 0.6 is 0 Å². The van der Waals surface area contributed by atoms with Gasteiger partial charge in [0.05, 0.1) is 12.8 Å². The van der Waals surface area contributed by atoms with Gasteiger partial charge in [-0.3, -0.25) is 4.98 Å². The van der Waals surface area contributed by atoms with Crippen LogP contribution in [-0.4, -0.2) is 17.1 Å². The Morgan fingerprint density at radius 2 is 2.07 bits per heavy atom. The van der Waals surface area contributed by atoms with Gasteiger partial charge in [-0.05, 0) is 25.1 Å². The van der Waals surface area contributed by atoms with Crippen molar-refractivity contribution in [3.8, 4) is 17.1 Å². The normalized spacial score (nSPS) is 10.0. The van der Waals surface area contributed by atoms with E-state index in [-0.39, 0.29) is 0 Å². The quantitative estimate of drug-likeness (QED) is 0.747. The van der Waals surface area contributed by atoms with Crippen LogP contribution in [0.1, 0.15) is 5.56 Å². The molecule has 0 aliphatic carbocycles. The topological polar surface area (TPSA) is 35.0 Å². The summed E-state index contributed by atoms with van der Waals surface area (Å²) in [5.41, 5.74) is 2.95. The lowest BCUT2D eigenvalue weighted by molar-refractivity contribution is 0.394. The minimum absolute atomic E-state index is 0.662. The van der Waals surface area contributed by atoms with E-state index in [1.165, 1.54) is 0 Å². The maximum atomic E-state index is 5.10. The standard InChI is InChI=1S/C12H12N2O/c1-9-7-10(8-14-12(9)15-2)11-5-3-4-6-13-11/h3-8H,1-2H3. The number of hydrogen-bond donors (Lipinski definition) is 0. The average Bonchev–Trinajstić information content (AvgIpc) is 2.30. The molecule has 0 aromatic carbocycles. The molecular weight excluding hydrogens is 188 g/mol. The first-order valence-electron chi connectivity index (χ1n) is 4.73. The van der Waals surface area contributed by atoms with Gasteiger partial charge in [-0.25, -0.2) is 4.98 Å². The smallest absolute Gasteiger partial charge is 0.215 e. The number of hydrogen-bond acceptors (Lipinski definition) is 3. The zero-order chi connectivity index (χ0) is 10.7. The van der Waals surface area contributed by atoms with Crippen LogP contribution in [0.5, 0.6) is 5.88 Å². The van der Waals surface area contributed by atoms with Crippen LogP contribution in [0.15, 0.2) is 36.7 Å². The molecule has 0 amide bonds. The van der Waals surface area contributed by atoms with Crippen LogP contribution in [-0.2, 0) is 0 Å². The molecule has 0 unspecified atom stereocenters. The Morgan fingerprint density at radius 1 is 1.20 bits per heavy atom. The summed E-state index contributed by atoms with van der Waals surface area (Å²) in [5.74, 6) is 0.662. The fourth-order valence-corrected chi connectivity index (χ4v) is 1.45. The molecule has 0 bridgehead atoms. The molecule has 2 heterocycles. The summed E-state index contributed by atoms with van der Waals surface area (Å²) in [7, 11) is 1.62. The maximum Gasteiger partial charge on any atom is 0.215 e. The molecular formula is C12H12N2O. The average molecular weight is 200 g/mol. The first-order valence-corrected chi connectivity index (χ1v) is 4.73. The minimum atomic E-state index is 0.662. The largest absolute Gasteiger partial charge is 0.481 e. The van der Waals surface area contributed by atoms with Gasteiger partial charge in [-0.15, -0.1) is 0 Å². The Hall–Kier alpha value is -1.90. The summed E-state index contributed by atoms with van der Waals surface area (Å²) >= 11 is 0. The maximum absolute atomic E-state index is 5.10. The van der Waals surface area contributed by atoms with E-state index in [0.29, 0.717) is 5.88 Å². The number of rotatable bonds is 2. The molecule has 0 aliphatic rings. The third kappa shape index (κ3) is 1.96. The highest BCUT2D eigenvalue weighted by Crippen LogP contribution is 2.21. The van der Waals surface area contributed by atoms with E-state index in [1.54, 1.807) is 19.5 Å². The van der Waals surface area contributed by atoms with Gasteiger partial charge in [0.25, 0.3) is 0 Å². The Bertz CT molecular complexity index is 454. The molecule has 3 nitrogen and oxygen atoms in total. The number of methoxy groups -OCH3 is 1. The van der Waals surface area contributed by atoms with E-state index >= 15 is 0 Å². The molecule has 0 saturated carbocycles. The highest BCUT2D eigenvalue weighted by Gasteiger charge is 2.03. The van der Waals surface area contributed by atoms with Gasteiger partial charge in [-0.2, -0.15) is 0 Å². The molecule has 0 spiro atoms. The summed E-state index contributed by atoms with van der Waals surface area (Å²) in [4.78, 5) is 8.48. The van der Waals surface area contributed by atoms with E-state index in [1.807, 2.05) is 31.2 Å². The van der Waals surface area contributed by atoms with E-state index in [0.717, 1.165) is 16.8 Å². The molecule has 0 fully saturated rings. The molecule has 2 aromatic heterocycles. The number of aromatic nitrogens is 2. The van der Waals surface area contributed by atoms with E-state index < -0.39 is 0 Å². The lowest BCUT2D eigenvalue weighted by Crippen LogP contribution is -1.92. The van der Waals surface area contributed by atoms with Crippen LogP contribution in [0.25, 0.3) is 11.3 Å². The zero-order valence-corrected chi connectivity index (χ0v) is 8.77. The highest BCUT2D eigenvalue weighted by atomic mass is 16.5.